The smallest absolute Gasteiger partial charge is 0.294 e. The lowest BCUT2D eigenvalue weighted by molar-refractivity contribution is -0.127. The Bertz CT molecular complexity index is 961. The molecule has 3 rings (SSSR count). The van der Waals surface area contributed by atoms with E-state index in [1.165, 1.54) is 30.3 Å². The van der Waals surface area contributed by atoms with Gasteiger partial charge in [0, 0.05) is 16.3 Å². The zero-order valence-electron chi connectivity index (χ0n) is 13.5. The van der Waals surface area contributed by atoms with Crippen molar-refractivity contribution in [3.63, 3.8) is 0 Å². The van der Waals surface area contributed by atoms with E-state index in [4.69, 9.17) is 23.2 Å². The maximum Gasteiger partial charge on any atom is 0.294 e. The zero-order chi connectivity index (χ0) is 19.6. The lowest BCUT2D eigenvalue weighted by Gasteiger charge is -2.12. The summed E-state index contributed by atoms with van der Waals surface area (Å²) in [6.45, 7) is -0.473. The van der Waals surface area contributed by atoms with Gasteiger partial charge in [0.2, 0.25) is 5.91 Å². The van der Waals surface area contributed by atoms with Gasteiger partial charge in [-0.3, -0.25) is 19.3 Å². The molecule has 0 radical (unpaired) electrons. The number of benzene rings is 2. The fourth-order valence-corrected chi connectivity index (χ4v) is 3.55. The molecule has 0 unspecified atom stereocenters. The van der Waals surface area contributed by atoms with Crippen molar-refractivity contribution in [1.82, 2.24) is 4.90 Å². The standard InChI is InChI=1S/C18H11Cl2FN2O3S/c19-10-3-1-4-11(7-10)22-16(24)9-23-17(25)15(27-18(23)26)8-12-13(20)5-2-6-14(12)21/h1-8H,9H2,(H,22,24)/b15-8-. The van der Waals surface area contributed by atoms with E-state index in [-0.39, 0.29) is 15.5 Å². The van der Waals surface area contributed by atoms with E-state index in [2.05, 4.69) is 5.32 Å². The van der Waals surface area contributed by atoms with E-state index in [1.54, 1.807) is 18.2 Å². The largest absolute Gasteiger partial charge is 0.324 e. The lowest BCUT2D eigenvalue weighted by Crippen LogP contribution is -2.36. The Morgan fingerprint density at radius 3 is 2.63 bits per heavy atom. The molecule has 1 aliphatic heterocycles. The van der Waals surface area contributed by atoms with Gasteiger partial charge in [0.05, 0.1) is 9.93 Å². The van der Waals surface area contributed by atoms with Crippen molar-refractivity contribution in [1.29, 1.82) is 0 Å². The molecule has 2 aromatic carbocycles. The number of hydrogen-bond donors (Lipinski definition) is 1. The lowest BCUT2D eigenvalue weighted by atomic mass is 10.2. The number of amides is 3. The molecule has 0 bridgehead atoms. The average Bonchev–Trinajstić information content (AvgIpc) is 2.86. The zero-order valence-corrected chi connectivity index (χ0v) is 15.9. The first-order valence-corrected chi connectivity index (χ1v) is 9.17. The van der Waals surface area contributed by atoms with Crippen molar-refractivity contribution < 1.29 is 18.8 Å². The van der Waals surface area contributed by atoms with Crippen LogP contribution in [-0.2, 0) is 9.59 Å². The summed E-state index contributed by atoms with van der Waals surface area (Å²) in [5, 5.41) is 2.47. The quantitative estimate of drug-likeness (QED) is 0.715. The Labute approximate surface area is 168 Å². The first kappa shape index (κ1) is 19.4. The van der Waals surface area contributed by atoms with Gasteiger partial charge >= 0.3 is 0 Å². The molecule has 0 aliphatic carbocycles. The normalized spacial score (nSPS) is 15.5. The Morgan fingerprint density at radius 2 is 1.93 bits per heavy atom. The van der Waals surface area contributed by atoms with Crippen LogP contribution in [0, 0.1) is 5.82 Å². The summed E-state index contributed by atoms with van der Waals surface area (Å²) in [5.74, 6) is -1.87. The molecule has 138 valence electrons. The van der Waals surface area contributed by atoms with Crippen LogP contribution in [0.25, 0.3) is 6.08 Å². The summed E-state index contributed by atoms with van der Waals surface area (Å²) in [6, 6.07) is 10.6. The van der Waals surface area contributed by atoms with Crippen molar-refractivity contribution in [3.8, 4) is 0 Å². The Morgan fingerprint density at radius 1 is 1.19 bits per heavy atom. The fraction of sp³-hybridized carbons (Fsp3) is 0.0556. The van der Waals surface area contributed by atoms with Crippen LogP contribution < -0.4 is 5.32 Å². The monoisotopic (exact) mass is 424 g/mol. The van der Waals surface area contributed by atoms with Crippen molar-refractivity contribution in [3.05, 3.63) is 68.8 Å². The summed E-state index contributed by atoms with van der Waals surface area (Å²) in [4.78, 5) is 37.4. The third-order valence-electron chi connectivity index (χ3n) is 3.56. The molecule has 0 spiro atoms. The maximum absolute atomic E-state index is 13.9. The van der Waals surface area contributed by atoms with E-state index in [9.17, 15) is 18.8 Å². The summed E-state index contributed by atoms with van der Waals surface area (Å²) >= 11 is 12.4. The summed E-state index contributed by atoms with van der Waals surface area (Å²) in [7, 11) is 0. The summed E-state index contributed by atoms with van der Waals surface area (Å²) in [6.07, 6.45) is 1.21. The highest BCUT2D eigenvalue weighted by molar-refractivity contribution is 8.18. The van der Waals surface area contributed by atoms with Crippen LogP contribution in [0.1, 0.15) is 5.56 Å². The molecular formula is C18H11Cl2FN2O3S. The molecule has 3 amide bonds. The molecular weight excluding hydrogens is 414 g/mol. The van der Waals surface area contributed by atoms with E-state index in [0.29, 0.717) is 22.5 Å². The highest BCUT2D eigenvalue weighted by atomic mass is 35.5. The minimum absolute atomic E-state index is 0.00745. The van der Waals surface area contributed by atoms with E-state index < -0.39 is 29.4 Å². The van der Waals surface area contributed by atoms with Gasteiger partial charge in [0.1, 0.15) is 12.4 Å². The predicted molar refractivity (Wildman–Crippen MR) is 104 cm³/mol. The highest BCUT2D eigenvalue weighted by Gasteiger charge is 2.36. The van der Waals surface area contributed by atoms with Crippen LogP contribution >= 0.6 is 35.0 Å². The molecule has 1 aliphatic rings. The second kappa shape index (κ2) is 8.12. The van der Waals surface area contributed by atoms with Gasteiger partial charge in [-0.15, -0.1) is 0 Å². The SMILES string of the molecule is O=C(CN1C(=O)S/C(=C\c2c(F)cccc2Cl)C1=O)Nc1cccc(Cl)c1. The van der Waals surface area contributed by atoms with Crippen LogP contribution in [0.5, 0.6) is 0 Å². The molecule has 1 saturated heterocycles. The van der Waals surface area contributed by atoms with Crippen molar-refractivity contribution in [2.75, 3.05) is 11.9 Å². The van der Waals surface area contributed by atoms with Crippen molar-refractivity contribution >= 4 is 63.8 Å². The number of nitrogens with zero attached hydrogens (tertiary/aromatic N) is 1. The number of carbonyl (C=O) groups is 3. The number of anilines is 1. The maximum atomic E-state index is 13.9. The minimum atomic E-state index is -0.689. The predicted octanol–water partition coefficient (Wildman–Crippen LogP) is 4.81. The second-order valence-electron chi connectivity index (χ2n) is 5.46. The van der Waals surface area contributed by atoms with Gasteiger partial charge in [-0.25, -0.2) is 4.39 Å². The summed E-state index contributed by atoms with van der Waals surface area (Å²) in [5.41, 5.74) is 0.446. The highest BCUT2D eigenvalue weighted by Crippen LogP contribution is 2.34. The second-order valence-corrected chi connectivity index (χ2v) is 7.30. The molecule has 27 heavy (non-hydrogen) atoms. The third kappa shape index (κ3) is 4.50. The molecule has 0 atom stereocenters. The Kier molecular flexibility index (Phi) is 5.84. The molecule has 9 heteroatoms. The van der Waals surface area contributed by atoms with Crippen LogP contribution in [0.3, 0.4) is 0 Å². The van der Waals surface area contributed by atoms with Gasteiger partial charge < -0.3 is 5.32 Å². The average molecular weight is 425 g/mol. The number of carbonyl (C=O) groups excluding carboxylic acids is 3. The van der Waals surface area contributed by atoms with Gasteiger partial charge in [-0.2, -0.15) is 0 Å². The Hall–Kier alpha value is -2.35. The first-order valence-electron chi connectivity index (χ1n) is 7.60. The molecule has 5 nitrogen and oxygen atoms in total. The molecule has 1 N–H and O–H groups in total. The number of thioether (sulfide) groups is 1. The fourth-order valence-electron chi connectivity index (χ4n) is 2.33. The van der Waals surface area contributed by atoms with Gasteiger partial charge in [-0.05, 0) is 48.2 Å². The van der Waals surface area contributed by atoms with Gasteiger partial charge in [-0.1, -0.05) is 35.3 Å². The molecule has 1 fully saturated rings. The molecule has 0 saturated carbocycles. The van der Waals surface area contributed by atoms with Crippen LogP contribution in [0.15, 0.2) is 47.4 Å². The summed E-state index contributed by atoms with van der Waals surface area (Å²) < 4.78 is 13.9. The van der Waals surface area contributed by atoms with Crippen molar-refractivity contribution in [2.24, 2.45) is 0 Å². The first-order chi connectivity index (χ1) is 12.8. The number of nitrogens with one attached hydrogen (secondary N) is 1. The topological polar surface area (TPSA) is 66.5 Å². The number of rotatable bonds is 4. The third-order valence-corrected chi connectivity index (χ3v) is 5.03. The van der Waals surface area contributed by atoms with Crippen LogP contribution in [-0.4, -0.2) is 28.5 Å². The number of hydrogen-bond acceptors (Lipinski definition) is 4. The molecule has 0 aromatic heterocycles. The van der Waals surface area contributed by atoms with E-state index >= 15 is 0 Å². The number of imide groups is 1. The van der Waals surface area contributed by atoms with Gasteiger partial charge in [0.15, 0.2) is 0 Å². The van der Waals surface area contributed by atoms with E-state index in [1.807, 2.05) is 0 Å². The van der Waals surface area contributed by atoms with Crippen LogP contribution in [0.4, 0.5) is 14.9 Å². The van der Waals surface area contributed by atoms with Crippen molar-refractivity contribution in [2.45, 2.75) is 0 Å². The Balaban J connectivity index is 1.74. The van der Waals surface area contributed by atoms with Crippen LogP contribution in [0.2, 0.25) is 10.0 Å². The molecule has 2 aromatic rings. The molecule has 1 heterocycles. The minimum Gasteiger partial charge on any atom is -0.324 e. The van der Waals surface area contributed by atoms with Gasteiger partial charge in [0.25, 0.3) is 11.1 Å². The number of halogens is 3. The van der Waals surface area contributed by atoms with E-state index in [0.717, 1.165) is 4.90 Å².